The molecular weight excluding hydrogens is 385 g/mol. The summed E-state index contributed by atoms with van der Waals surface area (Å²) in [5.74, 6) is -1.77. The van der Waals surface area contributed by atoms with Gasteiger partial charge in [0.25, 0.3) is 0 Å². The molecule has 5 N–H and O–H groups in total. The fourth-order valence-corrected chi connectivity index (χ4v) is 2.82. The smallest absolute Gasteiger partial charge is 0.303 e. The lowest BCUT2D eigenvalue weighted by molar-refractivity contribution is -0.137. The summed E-state index contributed by atoms with van der Waals surface area (Å²) in [6.07, 6.45) is -0.783. The van der Waals surface area contributed by atoms with E-state index >= 15 is 0 Å². The minimum absolute atomic E-state index is 0.0256. The summed E-state index contributed by atoms with van der Waals surface area (Å²) in [5, 5.41) is 21.5. The van der Waals surface area contributed by atoms with Gasteiger partial charge in [-0.2, -0.15) is 0 Å². The van der Waals surface area contributed by atoms with Crippen molar-refractivity contribution < 1.29 is 33.7 Å². The number of hydrogen-bond acceptors (Lipinski definition) is 7. The number of ether oxygens (including phenoxy) is 2. The molecule has 1 fully saturated rings. The monoisotopic (exact) mass is 413 g/mol. The van der Waals surface area contributed by atoms with E-state index in [1.807, 2.05) is 0 Å². The Kier molecular flexibility index (Phi) is 9.26. The van der Waals surface area contributed by atoms with E-state index < -0.39 is 23.9 Å². The molecule has 1 heterocycles. The fraction of sp³-hybridized carbons (Fsp3) is 0.579. The van der Waals surface area contributed by atoms with Gasteiger partial charge in [0, 0.05) is 32.6 Å². The zero-order valence-corrected chi connectivity index (χ0v) is 16.2. The van der Waals surface area contributed by atoms with Gasteiger partial charge in [-0.3, -0.25) is 9.59 Å². The van der Waals surface area contributed by atoms with Gasteiger partial charge in [0.2, 0.25) is 5.91 Å². The summed E-state index contributed by atoms with van der Waals surface area (Å²) in [5.41, 5.74) is 6.44. The highest BCUT2D eigenvalue weighted by atomic mass is 19.1. The first-order valence-electron chi connectivity index (χ1n) is 9.50. The first kappa shape index (κ1) is 23.0. The highest BCUT2D eigenvalue weighted by Crippen LogP contribution is 2.19. The van der Waals surface area contributed by atoms with Crippen molar-refractivity contribution in [3.8, 4) is 5.75 Å². The molecule has 1 aliphatic heterocycles. The molecule has 0 aliphatic carbocycles. The summed E-state index contributed by atoms with van der Waals surface area (Å²) >= 11 is 0. The Bertz CT molecular complexity index is 684. The van der Waals surface area contributed by atoms with Gasteiger partial charge in [-0.05, 0) is 24.1 Å². The van der Waals surface area contributed by atoms with E-state index in [4.69, 9.17) is 20.3 Å². The molecule has 1 aromatic rings. The molecule has 2 unspecified atom stereocenters. The van der Waals surface area contributed by atoms with Crippen molar-refractivity contribution in [1.82, 2.24) is 10.2 Å². The second-order valence-electron chi connectivity index (χ2n) is 6.83. The number of benzene rings is 1. The Morgan fingerprint density at radius 3 is 2.69 bits per heavy atom. The predicted octanol–water partition coefficient (Wildman–Crippen LogP) is -0.642. The van der Waals surface area contributed by atoms with Gasteiger partial charge < -0.3 is 35.6 Å². The second-order valence-corrected chi connectivity index (χ2v) is 6.83. The average Bonchev–Trinajstić information content (AvgIpc) is 2.71. The SMILES string of the molecule is NC(CNCC(O)COc1ccc(CCC(=O)O)cc1F)C(=O)N1CCOCC1. The van der Waals surface area contributed by atoms with Crippen molar-refractivity contribution in [3.63, 3.8) is 0 Å². The standard InChI is InChI=1S/C19H28FN3O6/c20-15-9-13(2-4-18(25)26)1-3-17(15)29-12-14(24)10-22-11-16(21)19(27)23-5-7-28-8-6-23/h1,3,9,14,16,22,24H,2,4-8,10-12,21H2,(H,25,26). The van der Waals surface area contributed by atoms with Gasteiger partial charge in [0.1, 0.15) is 12.7 Å². The molecule has 1 aromatic carbocycles. The maximum atomic E-state index is 14.0. The number of halogens is 1. The molecule has 2 atom stereocenters. The van der Waals surface area contributed by atoms with Crippen LogP contribution in [0, 0.1) is 5.82 Å². The van der Waals surface area contributed by atoms with Crippen molar-refractivity contribution in [1.29, 1.82) is 0 Å². The number of carboxylic acids is 1. The molecule has 2 rings (SSSR count). The van der Waals surface area contributed by atoms with Crippen LogP contribution in [0.25, 0.3) is 0 Å². The fourth-order valence-electron chi connectivity index (χ4n) is 2.82. The third-order valence-corrected chi connectivity index (χ3v) is 4.44. The highest BCUT2D eigenvalue weighted by molar-refractivity contribution is 5.82. The van der Waals surface area contributed by atoms with Crippen molar-refractivity contribution in [2.75, 3.05) is 46.0 Å². The van der Waals surface area contributed by atoms with Crippen molar-refractivity contribution in [3.05, 3.63) is 29.6 Å². The van der Waals surface area contributed by atoms with Crippen LogP contribution in [0.5, 0.6) is 5.75 Å². The maximum absolute atomic E-state index is 14.0. The van der Waals surface area contributed by atoms with Crippen LogP contribution in [0.4, 0.5) is 4.39 Å². The lowest BCUT2D eigenvalue weighted by atomic mass is 10.1. The number of carbonyl (C=O) groups is 2. The lowest BCUT2D eigenvalue weighted by Crippen LogP contribution is -2.52. The molecular formula is C19H28FN3O6. The minimum Gasteiger partial charge on any atom is -0.488 e. The van der Waals surface area contributed by atoms with E-state index in [2.05, 4.69) is 5.32 Å². The first-order chi connectivity index (χ1) is 13.9. The predicted molar refractivity (Wildman–Crippen MR) is 102 cm³/mol. The molecule has 1 amide bonds. The molecule has 0 radical (unpaired) electrons. The van der Waals surface area contributed by atoms with Crippen LogP contribution >= 0.6 is 0 Å². The number of carboxylic acid groups (broad SMARTS) is 1. The molecule has 0 spiro atoms. The van der Waals surface area contributed by atoms with Crippen molar-refractivity contribution >= 4 is 11.9 Å². The largest absolute Gasteiger partial charge is 0.488 e. The lowest BCUT2D eigenvalue weighted by Gasteiger charge is -2.29. The number of aryl methyl sites for hydroxylation is 1. The van der Waals surface area contributed by atoms with Gasteiger partial charge in [-0.15, -0.1) is 0 Å². The van der Waals surface area contributed by atoms with E-state index in [9.17, 15) is 19.1 Å². The number of amides is 1. The van der Waals surface area contributed by atoms with Crippen molar-refractivity contribution in [2.24, 2.45) is 5.73 Å². The second kappa shape index (κ2) is 11.7. The molecule has 0 aromatic heterocycles. The highest BCUT2D eigenvalue weighted by Gasteiger charge is 2.22. The number of nitrogens with one attached hydrogen (secondary N) is 1. The summed E-state index contributed by atoms with van der Waals surface area (Å²) < 4.78 is 24.5. The van der Waals surface area contributed by atoms with E-state index in [1.54, 1.807) is 11.0 Å². The van der Waals surface area contributed by atoms with E-state index in [1.165, 1.54) is 12.1 Å². The van der Waals surface area contributed by atoms with Crippen LogP contribution in [0.15, 0.2) is 18.2 Å². The number of nitrogens with two attached hydrogens (primary N) is 1. The summed E-state index contributed by atoms with van der Waals surface area (Å²) in [6.45, 7) is 2.21. The minimum atomic E-state index is -0.951. The summed E-state index contributed by atoms with van der Waals surface area (Å²) in [4.78, 5) is 24.4. The molecule has 9 nitrogen and oxygen atoms in total. The van der Waals surface area contributed by atoms with E-state index in [0.717, 1.165) is 0 Å². The molecule has 162 valence electrons. The van der Waals surface area contributed by atoms with Crippen LogP contribution in [-0.4, -0.2) is 85.1 Å². The van der Waals surface area contributed by atoms with E-state index in [0.29, 0.717) is 31.9 Å². The van der Waals surface area contributed by atoms with Gasteiger partial charge in [0.05, 0.1) is 19.3 Å². The maximum Gasteiger partial charge on any atom is 0.303 e. The van der Waals surface area contributed by atoms with Crippen LogP contribution in [0.1, 0.15) is 12.0 Å². The zero-order chi connectivity index (χ0) is 21.2. The average molecular weight is 413 g/mol. The summed E-state index contributed by atoms with van der Waals surface area (Å²) in [6, 6.07) is 3.49. The van der Waals surface area contributed by atoms with Crippen molar-refractivity contribution in [2.45, 2.75) is 25.0 Å². The zero-order valence-electron chi connectivity index (χ0n) is 16.2. The molecule has 0 bridgehead atoms. The molecule has 0 saturated carbocycles. The van der Waals surface area contributed by atoms with E-state index in [-0.39, 0.29) is 44.2 Å². The molecule has 29 heavy (non-hydrogen) atoms. The number of hydrogen-bond donors (Lipinski definition) is 4. The van der Waals surface area contributed by atoms with Crippen LogP contribution < -0.4 is 15.8 Å². The first-order valence-corrected chi connectivity index (χ1v) is 9.50. The quantitative estimate of drug-likeness (QED) is 0.376. The Morgan fingerprint density at radius 1 is 1.31 bits per heavy atom. The number of aliphatic hydroxyl groups is 1. The van der Waals surface area contributed by atoms with Crippen LogP contribution in [-0.2, 0) is 20.7 Å². The normalized spacial score (nSPS) is 16.3. The molecule has 10 heteroatoms. The number of aliphatic carboxylic acids is 1. The Labute approximate surface area is 168 Å². The summed E-state index contributed by atoms with van der Waals surface area (Å²) in [7, 11) is 0. The van der Waals surface area contributed by atoms with Gasteiger partial charge in [-0.1, -0.05) is 6.07 Å². The molecule has 1 aliphatic rings. The number of carbonyl (C=O) groups excluding carboxylic acids is 1. The molecule has 1 saturated heterocycles. The van der Waals surface area contributed by atoms with Gasteiger partial charge in [0.15, 0.2) is 11.6 Å². The third-order valence-electron chi connectivity index (χ3n) is 4.44. The number of morpholine rings is 1. The Morgan fingerprint density at radius 2 is 2.03 bits per heavy atom. The Hall–Kier alpha value is -2.27. The third kappa shape index (κ3) is 7.94. The number of rotatable bonds is 11. The Balaban J connectivity index is 1.68. The topological polar surface area (TPSA) is 134 Å². The number of nitrogens with zero attached hydrogens (tertiary/aromatic N) is 1. The van der Waals surface area contributed by atoms with Crippen LogP contribution in [0.2, 0.25) is 0 Å². The van der Waals surface area contributed by atoms with Gasteiger partial charge >= 0.3 is 5.97 Å². The van der Waals surface area contributed by atoms with Gasteiger partial charge in [-0.25, -0.2) is 4.39 Å². The van der Waals surface area contributed by atoms with Crippen LogP contribution in [0.3, 0.4) is 0 Å². The number of aliphatic hydroxyl groups excluding tert-OH is 1.